The third-order valence-electron chi connectivity index (χ3n) is 3.25. The van der Waals surface area contributed by atoms with Gasteiger partial charge in [-0.1, -0.05) is 12.1 Å². The normalized spacial score (nSPS) is 13.0. The molecule has 0 aliphatic carbocycles. The number of hydrogen-bond donors (Lipinski definition) is 1. The van der Waals surface area contributed by atoms with Crippen LogP contribution in [0.4, 0.5) is 0 Å². The molecule has 0 aliphatic rings. The summed E-state index contributed by atoms with van der Waals surface area (Å²) in [4.78, 5) is 0.360. The van der Waals surface area contributed by atoms with Gasteiger partial charge in [-0.05, 0) is 36.8 Å². The van der Waals surface area contributed by atoms with Crippen molar-refractivity contribution in [1.29, 1.82) is 5.26 Å². The van der Waals surface area contributed by atoms with Crippen LogP contribution in [-0.2, 0) is 10.0 Å². The van der Waals surface area contributed by atoms with E-state index < -0.39 is 10.0 Å². The highest BCUT2D eigenvalue weighted by atomic mass is 32.2. The predicted molar refractivity (Wildman–Crippen MR) is 80.5 cm³/mol. The molecule has 1 unspecified atom stereocenters. The van der Waals surface area contributed by atoms with E-state index in [-0.39, 0.29) is 16.0 Å². The largest absolute Gasteiger partial charge is 0.508 e. The van der Waals surface area contributed by atoms with Gasteiger partial charge in [-0.15, -0.1) is 11.3 Å². The summed E-state index contributed by atoms with van der Waals surface area (Å²) in [5.41, 5.74) is 0.774. The molecular weight excluding hydrogens is 308 g/mol. The average molecular weight is 322 g/mol. The van der Waals surface area contributed by atoms with E-state index in [1.807, 2.05) is 6.07 Å². The summed E-state index contributed by atoms with van der Waals surface area (Å²) in [7, 11) is -2.15. The van der Waals surface area contributed by atoms with Crippen molar-refractivity contribution < 1.29 is 13.5 Å². The lowest BCUT2D eigenvalue weighted by Crippen LogP contribution is -2.29. The zero-order valence-corrected chi connectivity index (χ0v) is 13.1. The molecule has 1 aromatic heterocycles. The van der Waals surface area contributed by atoms with Gasteiger partial charge in [0, 0.05) is 13.1 Å². The fraction of sp³-hybridized carbons (Fsp3) is 0.214. The van der Waals surface area contributed by atoms with Crippen LogP contribution in [0.3, 0.4) is 0 Å². The second-order valence-electron chi connectivity index (χ2n) is 4.52. The van der Waals surface area contributed by atoms with Crippen molar-refractivity contribution in [2.24, 2.45) is 0 Å². The lowest BCUT2D eigenvalue weighted by Gasteiger charge is -2.24. The topological polar surface area (TPSA) is 81.4 Å². The Morgan fingerprint density at radius 2 is 1.86 bits per heavy atom. The van der Waals surface area contributed by atoms with Crippen molar-refractivity contribution in [3.05, 3.63) is 46.8 Å². The first-order valence-electron chi connectivity index (χ1n) is 6.13. The highest BCUT2D eigenvalue weighted by Crippen LogP contribution is 2.30. The van der Waals surface area contributed by atoms with Gasteiger partial charge in [-0.25, -0.2) is 8.42 Å². The molecule has 0 amide bonds. The van der Waals surface area contributed by atoms with Crippen LogP contribution in [-0.4, -0.2) is 24.9 Å². The minimum Gasteiger partial charge on any atom is -0.508 e. The Morgan fingerprint density at radius 1 is 1.24 bits per heavy atom. The van der Waals surface area contributed by atoms with Gasteiger partial charge in [-0.2, -0.15) is 9.57 Å². The van der Waals surface area contributed by atoms with Crippen LogP contribution in [0.5, 0.6) is 5.75 Å². The van der Waals surface area contributed by atoms with Gasteiger partial charge in [0.2, 0.25) is 0 Å². The van der Waals surface area contributed by atoms with Gasteiger partial charge >= 0.3 is 0 Å². The van der Waals surface area contributed by atoms with Crippen LogP contribution in [0.15, 0.2) is 40.6 Å². The third-order valence-corrected chi connectivity index (χ3v) is 6.63. The fourth-order valence-electron chi connectivity index (χ4n) is 1.83. The lowest BCUT2D eigenvalue weighted by molar-refractivity contribution is 0.399. The molecule has 5 nitrogen and oxygen atoms in total. The maximum absolute atomic E-state index is 12.5. The number of hydrogen-bond acceptors (Lipinski definition) is 5. The van der Waals surface area contributed by atoms with Crippen molar-refractivity contribution in [2.75, 3.05) is 7.05 Å². The summed E-state index contributed by atoms with van der Waals surface area (Å²) in [6.45, 7) is 1.77. The number of rotatable bonds is 4. The van der Waals surface area contributed by atoms with Crippen LogP contribution >= 0.6 is 11.3 Å². The minimum absolute atomic E-state index is 0.133. The summed E-state index contributed by atoms with van der Waals surface area (Å²) in [6.07, 6.45) is 0. The first-order chi connectivity index (χ1) is 9.86. The second-order valence-corrected chi connectivity index (χ2v) is 7.83. The number of nitrogens with zero attached hydrogens (tertiary/aromatic N) is 2. The molecule has 0 spiro atoms. The molecular formula is C14H14N2O3S2. The highest BCUT2D eigenvalue weighted by molar-refractivity contribution is 7.91. The van der Waals surface area contributed by atoms with Crippen LogP contribution in [0.1, 0.15) is 23.4 Å². The first-order valence-corrected chi connectivity index (χ1v) is 8.39. The number of benzene rings is 1. The number of phenols is 1. The molecule has 110 valence electrons. The number of phenolic OH excluding ortho intramolecular Hbond substituents is 1. The Labute approximate surface area is 127 Å². The summed E-state index contributed by atoms with van der Waals surface area (Å²) >= 11 is 0.952. The van der Waals surface area contributed by atoms with Crippen LogP contribution in [0, 0.1) is 11.3 Å². The first kappa shape index (κ1) is 15.5. The molecule has 1 aromatic carbocycles. The third kappa shape index (κ3) is 3.08. The van der Waals surface area contributed by atoms with E-state index in [4.69, 9.17) is 5.26 Å². The van der Waals surface area contributed by atoms with E-state index >= 15 is 0 Å². The van der Waals surface area contributed by atoms with Crippen molar-refractivity contribution in [2.45, 2.75) is 17.2 Å². The van der Waals surface area contributed by atoms with Crippen molar-refractivity contribution in [3.63, 3.8) is 0 Å². The summed E-state index contributed by atoms with van der Waals surface area (Å²) in [5.74, 6) is 0.133. The van der Waals surface area contributed by atoms with E-state index in [2.05, 4.69) is 0 Å². The van der Waals surface area contributed by atoms with Crippen LogP contribution in [0.25, 0.3) is 0 Å². The Bertz CT molecular complexity index is 773. The van der Waals surface area contributed by atoms with Gasteiger partial charge in [0.15, 0.2) is 0 Å². The lowest BCUT2D eigenvalue weighted by atomic mass is 10.1. The molecule has 0 aliphatic heterocycles. The molecule has 0 saturated carbocycles. The Morgan fingerprint density at radius 3 is 2.38 bits per heavy atom. The van der Waals surface area contributed by atoms with Crippen molar-refractivity contribution in [1.82, 2.24) is 4.31 Å². The molecule has 0 bridgehead atoms. The van der Waals surface area contributed by atoms with Crippen LogP contribution in [0.2, 0.25) is 0 Å². The number of aromatic hydroxyl groups is 1. The maximum Gasteiger partial charge on any atom is 0.252 e. The van der Waals surface area contributed by atoms with Crippen molar-refractivity contribution >= 4 is 21.4 Å². The molecule has 21 heavy (non-hydrogen) atoms. The monoisotopic (exact) mass is 322 g/mol. The molecule has 7 heteroatoms. The summed E-state index contributed by atoms with van der Waals surface area (Å²) < 4.78 is 26.4. The standard InChI is InChI=1S/C14H14N2O3S2/c1-10(11-3-5-12(17)6-4-11)16(2)21(18,19)14-8-7-13(9-15)20-14/h3-8,10,17H,1-2H3. The SMILES string of the molecule is CC(c1ccc(O)cc1)N(C)S(=O)(=O)c1ccc(C#N)s1. The summed E-state index contributed by atoms with van der Waals surface area (Å²) in [5, 5.41) is 18.1. The highest BCUT2D eigenvalue weighted by Gasteiger charge is 2.27. The Hall–Kier alpha value is -1.88. The molecule has 2 aromatic rings. The predicted octanol–water partition coefficient (Wildman–Crippen LogP) is 2.71. The molecule has 1 heterocycles. The zero-order chi connectivity index (χ0) is 15.6. The number of thiophene rings is 1. The second kappa shape index (κ2) is 5.85. The summed E-state index contributed by atoms with van der Waals surface area (Å²) in [6, 6.07) is 10.9. The minimum atomic E-state index is -3.65. The smallest absolute Gasteiger partial charge is 0.252 e. The van der Waals surface area contributed by atoms with E-state index in [0.717, 1.165) is 16.9 Å². The van der Waals surface area contributed by atoms with Crippen LogP contribution < -0.4 is 0 Å². The van der Waals surface area contributed by atoms with E-state index in [1.165, 1.54) is 35.6 Å². The molecule has 2 rings (SSSR count). The van der Waals surface area contributed by atoms with Gasteiger partial charge in [-0.3, -0.25) is 0 Å². The fourth-order valence-corrected chi connectivity index (χ4v) is 4.47. The molecule has 0 radical (unpaired) electrons. The van der Waals surface area contributed by atoms with E-state index in [1.54, 1.807) is 19.1 Å². The van der Waals surface area contributed by atoms with Gasteiger partial charge in [0.25, 0.3) is 10.0 Å². The zero-order valence-electron chi connectivity index (χ0n) is 11.5. The quantitative estimate of drug-likeness (QED) is 0.938. The molecule has 0 fully saturated rings. The van der Waals surface area contributed by atoms with Gasteiger partial charge < -0.3 is 5.11 Å². The maximum atomic E-state index is 12.5. The van der Waals surface area contributed by atoms with Gasteiger partial charge in [0.05, 0.1) is 0 Å². The number of sulfonamides is 1. The van der Waals surface area contributed by atoms with Crippen molar-refractivity contribution in [3.8, 4) is 11.8 Å². The molecule has 1 atom stereocenters. The average Bonchev–Trinajstić information content (AvgIpc) is 2.96. The molecule has 0 saturated heterocycles. The Kier molecular flexibility index (Phi) is 4.32. The Balaban J connectivity index is 2.31. The van der Waals surface area contributed by atoms with E-state index in [9.17, 15) is 13.5 Å². The molecule has 1 N–H and O–H groups in total. The van der Waals surface area contributed by atoms with E-state index in [0.29, 0.717) is 4.88 Å². The number of nitriles is 1. The van der Waals surface area contributed by atoms with Gasteiger partial charge in [0.1, 0.15) is 20.9 Å².